The minimum absolute atomic E-state index is 0.143. The van der Waals surface area contributed by atoms with Crippen LogP contribution in [0.25, 0.3) is 0 Å². The smallest absolute Gasteiger partial charge is 0.125 e. The predicted octanol–water partition coefficient (Wildman–Crippen LogP) is 5.71. The third-order valence-electron chi connectivity index (χ3n) is 5.11. The fourth-order valence-corrected chi connectivity index (χ4v) is 3.81. The number of hydrogen-bond acceptors (Lipinski definition) is 6. The topological polar surface area (TPSA) is 51.8 Å². The van der Waals surface area contributed by atoms with Crippen LogP contribution in [-0.2, 0) is 15.7 Å². The number of rotatable bonds is 9. The molecule has 1 aliphatic rings. The minimum Gasteiger partial charge on any atom is -0.489 e. The van der Waals surface area contributed by atoms with Crippen molar-refractivity contribution in [2.75, 3.05) is 12.0 Å². The Hall–Kier alpha value is -2.51. The quantitative estimate of drug-likeness (QED) is 0.199. The normalized spacial score (nSPS) is 16.4. The van der Waals surface area contributed by atoms with Gasteiger partial charge < -0.3 is 10.1 Å². The maximum Gasteiger partial charge on any atom is 0.125 e. The van der Waals surface area contributed by atoms with Crippen molar-refractivity contribution >= 4 is 17.7 Å². The van der Waals surface area contributed by atoms with Gasteiger partial charge >= 0.3 is 0 Å². The van der Waals surface area contributed by atoms with Crippen LogP contribution in [0.2, 0.25) is 0 Å². The molecule has 4 rings (SSSR count). The maximum atomic E-state index is 6.23. The van der Waals surface area contributed by atoms with Gasteiger partial charge in [0.2, 0.25) is 0 Å². The molecule has 0 spiro atoms. The number of fused-ring (bicyclic) bond motifs is 1. The second-order valence-corrected chi connectivity index (χ2v) is 8.07. The van der Waals surface area contributed by atoms with Gasteiger partial charge in [0, 0.05) is 23.5 Å². The van der Waals surface area contributed by atoms with Gasteiger partial charge in [0.05, 0.1) is 17.7 Å². The van der Waals surface area contributed by atoms with E-state index in [2.05, 4.69) is 48.1 Å². The van der Waals surface area contributed by atoms with Gasteiger partial charge in [0.1, 0.15) is 11.9 Å². The van der Waals surface area contributed by atoms with Crippen LogP contribution in [0.4, 0.5) is 5.69 Å². The second-order valence-electron chi connectivity index (χ2n) is 7.29. The van der Waals surface area contributed by atoms with Gasteiger partial charge in [-0.2, -0.15) is 0 Å². The fraction of sp³-hybridized carbons (Fsp3) is 0.250. The highest BCUT2D eigenvalue weighted by atomic mass is 32.2. The van der Waals surface area contributed by atoms with E-state index in [1.165, 1.54) is 11.1 Å². The summed E-state index contributed by atoms with van der Waals surface area (Å²) >= 11 is 1.15. The largest absolute Gasteiger partial charge is 0.489 e. The Morgan fingerprint density at radius 2 is 1.80 bits per heavy atom. The first kappa shape index (κ1) is 20.8. The molecule has 0 saturated heterocycles. The maximum absolute atomic E-state index is 6.23. The molecule has 6 heteroatoms. The average molecular weight is 423 g/mol. The van der Waals surface area contributed by atoms with Crippen molar-refractivity contribution in [3.05, 3.63) is 90.0 Å². The number of benzene rings is 3. The van der Waals surface area contributed by atoms with Crippen LogP contribution in [-0.4, -0.2) is 12.6 Å². The van der Waals surface area contributed by atoms with Gasteiger partial charge in [-0.3, -0.25) is 0 Å². The Morgan fingerprint density at radius 3 is 2.60 bits per heavy atom. The molecule has 1 aliphatic heterocycles. The third kappa shape index (κ3) is 5.77. The molecule has 0 fully saturated rings. The predicted molar refractivity (Wildman–Crippen MR) is 120 cm³/mol. The number of hydrogen-bond donors (Lipinski definition) is 2. The zero-order valence-electron chi connectivity index (χ0n) is 16.9. The van der Waals surface area contributed by atoms with Crippen LogP contribution in [0.15, 0.2) is 83.8 Å². The summed E-state index contributed by atoms with van der Waals surface area (Å²) in [5, 5.41) is 3.58. The summed E-state index contributed by atoms with van der Waals surface area (Å²) in [6.07, 6.45) is 2.15. The van der Waals surface area contributed by atoms with E-state index in [1.54, 1.807) is 0 Å². The molecule has 5 nitrogen and oxygen atoms in total. The highest BCUT2D eigenvalue weighted by Gasteiger charge is 2.20. The van der Waals surface area contributed by atoms with Gasteiger partial charge in [-0.25, -0.2) is 5.48 Å². The van der Waals surface area contributed by atoms with E-state index in [0.717, 1.165) is 47.8 Å². The van der Waals surface area contributed by atoms with Gasteiger partial charge in [-0.05, 0) is 49.1 Å². The lowest BCUT2D eigenvalue weighted by Crippen LogP contribution is -2.35. The lowest BCUT2D eigenvalue weighted by molar-refractivity contribution is -0.161. The third-order valence-corrected chi connectivity index (χ3v) is 5.72. The number of anilines is 1. The Bertz CT molecular complexity index is 924. The van der Waals surface area contributed by atoms with E-state index in [9.17, 15) is 0 Å². The first-order valence-corrected chi connectivity index (χ1v) is 10.9. The Balaban J connectivity index is 1.25. The molecule has 1 heterocycles. The van der Waals surface area contributed by atoms with E-state index in [4.69, 9.17) is 14.1 Å². The molecule has 30 heavy (non-hydrogen) atoms. The molecule has 0 amide bonds. The van der Waals surface area contributed by atoms with Crippen LogP contribution in [0.1, 0.15) is 30.5 Å². The molecule has 0 radical (unpaired) electrons. The van der Waals surface area contributed by atoms with Gasteiger partial charge in [0.15, 0.2) is 0 Å². The van der Waals surface area contributed by atoms with Crippen molar-refractivity contribution in [3.8, 4) is 5.75 Å². The average Bonchev–Trinajstić information content (AvgIpc) is 2.81. The molecule has 0 aromatic heterocycles. The summed E-state index contributed by atoms with van der Waals surface area (Å²) < 4.78 is 11.4. The van der Waals surface area contributed by atoms with E-state index < -0.39 is 0 Å². The van der Waals surface area contributed by atoms with E-state index >= 15 is 0 Å². The first-order valence-electron chi connectivity index (χ1n) is 10.2. The van der Waals surface area contributed by atoms with Crippen LogP contribution in [0.5, 0.6) is 5.75 Å². The minimum atomic E-state index is 0.143. The summed E-state index contributed by atoms with van der Waals surface area (Å²) in [5.41, 5.74) is 6.10. The Kier molecular flexibility index (Phi) is 7.26. The lowest BCUT2D eigenvalue weighted by atomic mass is 10.0. The zero-order valence-corrected chi connectivity index (χ0v) is 17.7. The van der Waals surface area contributed by atoms with Crippen molar-refractivity contribution in [2.24, 2.45) is 0 Å². The van der Waals surface area contributed by atoms with Crippen LogP contribution >= 0.6 is 12.0 Å². The van der Waals surface area contributed by atoms with Gasteiger partial charge in [-0.1, -0.05) is 54.6 Å². The molecule has 2 atom stereocenters. The molecule has 0 aliphatic carbocycles. The number of aryl methyl sites for hydroxylation is 1. The molecular weight excluding hydrogens is 396 g/mol. The van der Waals surface area contributed by atoms with Crippen molar-refractivity contribution < 1.29 is 14.1 Å². The first-order chi connectivity index (χ1) is 14.8. The van der Waals surface area contributed by atoms with E-state index in [-0.39, 0.29) is 12.1 Å². The molecular formula is C24H26N2O3S. The SMILES string of the molecule is C[C@H](NC[C@@H]1CCc2ccc(NOOSc3ccccc3)cc2O1)c1ccccc1. The summed E-state index contributed by atoms with van der Waals surface area (Å²) in [7, 11) is 0. The van der Waals surface area contributed by atoms with Crippen LogP contribution < -0.4 is 15.5 Å². The molecule has 0 unspecified atom stereocenters. The van der Waals surface area contributed by atoms with E-state index in [1.807, 2.05) is 48.5 Å². The molecule has 2 N–H and O–H groups in total. The standard InChI is InChI=1S/C24H26N2O3S/c1-18(19-8-4-2-5-9-19)25-17-22-15-13-20-12-14-21(16-24(20)27-22)26-28-29-30-23-10-6-3-7-11-23/h2-12,14,16,18,22,25-26H,13,15,17H2,1H3/t18-,22-/m0/s1. The molecule has 156 valence electrons. The summed E-state index contributed by atoms with van der Waals surface area (Å²) in [4.78, 5) is 6.08. The van der Waals surface area contributed by atoms with Crippen molar-refractivity contribution in [1.29, 1.82) is 0 Å². The lowest BCUT2D eigenvalue weighted by Gasteiger charge is -2.28. The summed E-state index contributed by atoms with van der Waals surface area (Å²) in [6.45, 7) is 2.99. The van der Waals surface area contributed by atoms with Crippen molar-refractivity contribution in [2.45, 2.75) is 36.8 Å². The highest BCUT2D eigenvalue weighted by Crippen LogP contribution is 2.31. The van der Waals surface area contributed by atoms with Crippen molar-refractivity contribution in [1.82, 2.24) is 5.32 Å². The Morgan fingerprint density at radius 1 is 1.03 bits per heavy atom. The summed E-state index contributed by atoms with van der Waals surface area (Å²) in [5.74, 6) is 0.893. The highest BCUT2D eigenvalue weighted by molar-refractivity contribution is 7.94. The van der Waals surface area contributed by atoms with Crippen molar-refractivity contribution in [3.63, 3.8) is 0 Å². The van der Waals surface area contributed by atoms with E-state index in [0.29, 0.717) is 0 Å². The molecule has 3 aromatic rings. The van der Waals surface area contributed by atoms with Gasteiger partial charge in [-0.15, -0.1) is 9.32 Å². The van der Waals surface area contributed by atoms with Crippen LogP contribution in [0.3, 0.4) is 0 Å². The number of nitrogens with one attached hydrogen (secondary N) is 2. The second kappa shape index (κ2) is 10.5. The van der Waals surface area contributed by atoms with Gasteiger partial charge in [0.25, 0.3) is 0 Å². The molecule has 0 saturated carbocycles. The molecule has 0 bridgehead atoms. The Labute approximate surface area is 181 Å². The monoisotopic (exact) mass is 422 g/mol. The molecule has 3 aromatic carbocycles. The summed E-state index contributed by atoms with van der Waals surface area (Å²) in [6, 6.07) is 26.5. The zero-order chi connectivity index (χ0) is 20.6. The fourth-order valence-electron chi connectivity index (χ4n) is 3.40. The number of ether oxygens (including phenoxy) is 1. The van der Waals surface area contributed by atoms with Crippen LogP contribution in [0, 0.1) is 0 Å².